The van der Waals surface area contributed by atoms with Gasteiger partial charge in [0.2, 0.25) is 0 Å². The molecule has 1 aliphatic heterocycles. The van der Waals surface area contributed by atoms with Crippen molar-refractivity contribution in [1.29, 1.82) is 0 Å². The molecule has 0 radical (unpaired) electrons. The summed E-state index contributed by atoms with van der Waals surface area (Å²) in [6.07, 6.45) is 5.59. The first-order chi connectivity index (χ1) is 13.1. The van der Waals surface area contributed by atoms with Crippen molar-refractivity contribution in [1.82, 2.24) is 10.6 Å². The Morgan fingerprint density at radius 3 is 2.43 bits per heavy atom. The molecule has 1 saturated heterocycles. The van der Waals surface area contributed by atoms with Crippen molar-refractivity contribution in [3.8, 4) is 0 Å². The Bertz CT molecular complexity index is 613. The molecule has 1 aliphatic carbocycles. The normalized spacial score (nSPS) is 24.9. The van der Waals surface area contributed by atoms with E-state index in [4.69, 9.17) is 9.73 Å². The van der Waals surface area contributed by atoms with E-state index in [1.54, 1.807) is 0 Å². The first-order valence-corrected chi connectivity index (χ1v) is 11.0. The second kappa shape index (κ2) is 11.7. The number of ether oxygens (including phenoxy) is 1. The van der Waals surface area contributed by atoms with Gasteiger partial charge in [0.05, 0.1) is 12.6 Å². The molecule has 3 N–H and O–H groups in total. The van der Waals surface area contributed by atoms with Crippen LogP contribution in [0.3, 0.4) is 0 Å². The SMILES string of the molecule is CCNC(=NCC1(c2ccc(Br)cc2)CCOCC1)NC1CCC(O)CC1.I. The molecule has 2 fully saturated rings. The van der Waals surface area contributed by atoms with E-state index >= 15 is 0 Å². The van der Waals surface area contributed by atoms with Gasteiger partial charge in [0.25, 0.3) is 0 Å². The van der Waals surface area contributed by atoms with Gasteiger partial charge in [0.15, 0.2) is 5.96 Å². The average Bonchev–Trinajstić information content (AvgIpc) is 2.69. The molecule has 28 heavy (non-hydrogen) atoms. The van der Waals surface area contributed by atoms with Crippen LogP contribution in [0.4, 0.5) is 0 Å². The Morgan fingerprint density at radius 2 is 1.82 bits per heavy atom. The third-order valence-electron chi connectivity index (χ3n) is 5.83. The Morgan fingerprint density at radius 1 is 1.18 bits per heavy atom. The zero-order chi connectivity index (χ0) is 19.1. The smallest absolute Gasteiger partial charge is 0.191 e. The van der Waals surface area contributed by atoms with E-state index in [1.165, 1.54) is 5.56 Å². The summed E-state index contributed by atoms with van der Waals surface area (Å²) in [5.41, 5.74) is 1.37. The van der Waals surface area contributed by atoms with Crippen molar-refractivity contribution in [2.75, 3.05) is 26.3 Å². The predicted octanol–water partition coefficient (Wildman–Crippen LogP) is 3.97. The van der Waals surface area contributed by atoms with Crippen LogP contribution in [0.2, 0.25) is 0 Å². The van der Waals surface area contributed by atoms with Crippen LogP contribution in [0.25, 0.3) is 0 Å². The molecular formula is C21H33BrIN3O2. The molecule has 5 nitrogen and oxygen atoms in total. The number of aliphatic hydroxyl groups is 1. The van der Waals surface area contributed by atoms with Crippen LogP contribution >= 0.6 is 39.9 Å². The highest BCUT2D eigenvalue weighted by Gasteiger charge is 2.34. The minimum absolute atomic E-state index is 0. The van der Waals surface area contributed by atoms with Crippen molar-refractivity contribution in [2.45, 2.75) is 63.0 Å². The van der Waals surface area contributed by atoms with Gasteiger partial charge in [-0.25, -0.2) is 0 Å². The van der Waals surface area contributed by atoms with E-state index in [2.05, 4.69) is 57.8 Å². The number of rotatable bonds is 5. The number of halogens is 2. The maximum Gasteiger partial charge on any atom is 0.191 e. The summed E-state index contributed by atoms with van der Waals surface area (Å²) in [5, 5.41) is 16.7. The van der Waals surface area contributed by atoms with Gasteiger partial charge in [-0.2, -0.15) is 0 Å². The van der Waals surface area contributed by atoms with E-state index in [0.717, 1.165) is 75.3 Å². The van der Waals surface area contributed by atoms with Crippen LogP contribution in [0.1, 0.15) is 51.0 Å². The van der Waals surface area contributed by atoms with E-state index in [-0.39, 0.29) is 35.5 Å². The van der Waals surface area contributed by atoms with Crippen LogP contribution in [-0.4, -0.2) is 49.5 Å². The van der Waals surface area contributed by atoms with Gasteiger partial charge in [-0.15, -0.1) is 24.0 Å². The molecule has 1 aromatic carbocycles. The lowest BCUT2D eigenvalue weighted by Crippen LogP contribution is -2.46. The first-order valence-electron chi connectivity index (χ1n) is 10.2. The van der Waals surface area contributed by atoms with E-state index in [1.807, 2.05) is 0 Å². The molecule has 0 spiro atoms. The third kappa shape index (κ3) is 6.57. The van der Waals surface area contributed by atoms with Gasteiger partial charge in [-0.05, 0) is 63.1 Å². The Labute approximate surface area is 194 Å². The van der Waals surface area contributed by atoms with Crippen LogP contribution in [0, 0.1) is 0 Å². The number of benzene rings is 1. The molecule has 7 heteroatoms. The molecular weight excluding hydrogens is 533 g/mol. The topological polar surface area (TPSA) is 65.9 Å². The number of hydrogen-bond acceptors (Lipinski definition) is 3. The molecule has 3 rings (SSSR count). The molecule has 0 bridgehead atoms. The van der Waals surface area contributed by atoms with Gasteiger partial charge in [0.1, 0.15) is 0 Å². The Hall–Kier alpha value is -0.380. The molecule has 0 aromatic heterocycles. The number of nitrogens with zero attached hydrogens (tertiary/aromatic N) is 1. The summed E-state index contributed by atoms with van der Waals surface area (Å²) in [6.45, 7) is 5.27. The fourth-order valence-corrected chi connectivity index (χ4v) is 4.33. The molecule has 158 valence electrons. The van der Waals surface area contributed by atoms with E-state index in [0.29, 0.717) is 6.04 Å². The van der Waals surface area contributed by atoms with Crippen LogP contribution in [0.5, 0.6) is 0 Å². The fourth-order valence-electron chi connectivity index (χ4n) is 4.07. The number of hydrogen-bond donors (Lipinski definition) is 3. The van der Waals surface area contributed by atoms with Gasteiger partial charge >= 0.3 is 0 Å². The van der Waals surface area contributed by atoms with Gasteiger partial charge in [0, 0.05) is 35.7 Å². The average molecular weight is 566 g/mol. The Balaban J connectivity index is 0.00000280. The number of guanidine groups is 1. The zero-order valence-corrected chi connectivity index (χ0v) is 20.5. The highest BCUT2D eigenvalue weighted by atomic mass is 127. The summed E-state index contributed by atoms with van der Waals surface area (Å²) >= 11 is 3.54. The maximum absolute atomic E-state index is 9.73. The quantitative estimate of drug-likeness (QED) is 0.287. The van der Waals surface area contributed by atoms with E-state index in [9.17, 15) is 5.11 Å². The molecule has 1 saturated carbocycles. The van der Waals surface area contributed by atoms with Gasteiger partial charge in [-0.3, -0.25) is 4.99 Å². The van der Waals surface area contributed by atoms with Gasteiger partial charge in [-0.1, -0.05) is 28.1 Å². The van der Waals surface area contributed by atoms with Crippen molar-refractivity contribution in [2.24, 2.45) is 4.99 Å². The lowest BCUT2D eigenvalue weighted by molar-refractivity contribution is 0.0531. The third-order valence-corrected chi connectivity index (χ3v) is 6.36. The predicted molar refractivity (Wildman–Crippen MR) is 129 cm³/mol. The summed E-state index contributed by atoms with van der Waals surface area (Å²) in [6, 6.07) is 9.06. The summed E-state index contributed by atoms with van der Waals surface area (Å²) < 4.78 is 6.75. The number of aliphatic hydroxyl groups excluding tert-OH is 1. The highest BCUT2D eigenvalue weighted by Crippen LogP contribution is 2.35. The van der Waals surface area contributed by atoms with Crippen LogP contribution < -0.4 is 10.6 Å². The minimum Gasteiger partial charge on any atom is -0.393 e. The molecule has 2 aliphatic rings. The van der Waals surface area contributed by atoms with Crippen molar-refractivity contribution in [3.05, 3.63) is 34.3 Å². The van der Waals surface area contributed by atoms with Crippen molar-refractivity contribution < 1.29 is 9.84 Å². The number of nitrogens with one attached hydrogen (secondary N) is 2. The summed E-state index contributed by atoms with van der Waals surface area (Å²) in [4.78, 5) is 4.99. The zero-order valence-electron chi connectivity index (χ0n) is 16.6. The van der Waals surface area contributed by atoms with Crippen LogP contribution in [-0.2, 0) is 10.2 Å². The van der Waals surface area contributed by atoms with Crippen molar-refractivity contribution in [3.63, 3.8) is 0 Å². The first kappa shape index (κ1) is 23.9. The Kier molecular flexibility index (Phi) is 10.00. The minimum atomic E-state index is -0.134. The van der Waals surface area contributed by atoms with E-state index < -0.39 is 0 Å². The summed E-state index contributed by atoms with van der Waals surface area (Å²) in [7, 11) is 0. The molecule has 0 amide bonds. The van der Waals surface area contributed by atoms with Crippen LogP contribution in [0.15, 0.2) is 33.7 Å². The summed E-state index contributed by atoms with van der Waals surface area (Å²) in [5.74, 6) is 0.891. The number of aliphatic imine (C=N–C) groups is 1. The highest BCUT2D eigenvalue weighted by molar-refractivity contribution is 14.0. The lowest BCUT2D eigenvalue weighted by atomic mass is 9.74. The fraction of sp³-hybridized carbons (Fsp3) is 0.667. The monoisotopic (exact) mass is 565 g/mol. The maximum atomic E-state index is 9.73. The molecule has 0 unspecified atom stereocenters. The van der Waals surface area contributed by atoms with Crippen molar-refractivity contribution >= 4 is 45.9 Å². The second-order valence-electron chi connectivity index (χ2n) is 7.74. The largest absolute Gasteiger partial charge is 0.393 e. The molecule has 1 aromatic rings. The second-order valence-corrected chi connectivity index (χ2v) is 8.66. The standard InChI is InChI=1S/C21H32BrN3O2.HI/c1-2-23-20(25-18-7-9-19(26)10-8-18)24-15-21(11-13-27-14-12-21)16-3-5-17(22)6-4-16;/h3-6,18-19,26H,2,7-15H2,1H3,(H2,23,24,25);1H. The molecule has 1 heterocycles. The molecule has 0 atom stereocenters. The van der Waals surface area contributed by atoms with Gasteiger partial charge < -0.3 is 20.5 Å². The lowest BCUT2D eigenvalue weighted by Gasteiger charge is -2.37.